The Hall–Kier alpha value is -7.17. The molecule has 0 N–H and O–H groups in total. The van der Waals surface area contributed by atoms with Crippen LogP contribution in [0.4, 0.5) is 0 Å². The maximum absolute atomic E-state index is 6.72. The first-order chi connectivity index (χ1) is 26.3. The third-order valence-corrected chi connectivity index (χ3v) is 9.98. The lowest BCUT2D eigenvalue weighted by molar-refractivity contribution is 0.670. The summed E-state index contributed by atoms with van der Waals surface area (Å²) >= 11 is 0. The zero-order chi connectivity index (χ0) is 35.1. The average molecular weight is 678 g/mol. The van der Waals surface area contributed by atoms with E-state index >= 15 is 0 Å². The summed E-state index contributed by atoms with van der Waals surface area (Å²) in [6.45, 7) is 0. The highest BCUT2D eigenvalue weighted by molar-refractivity contribution is 6.16. The molecule has 0 spiro atoms. The molecular weight excluding hydrogens is 647 g/mol. The fraction of sp³-hybridized carbons (Fsp3) is 0. The fourth-order valence-electron chi connectivity index (χ4n) is 7.35. The van der Waals surface area contributed by atoms with Gasteiger partial charge in [0.25, 0.3) is 0 Å². The van der Waals surface area contributed by atoms with E-state index in [1.165, 1.54) is 10.8 Å². The van der Waals surface area contributed by atoms with Crippen molar-refractivity contribution < 1.29 is 4.42 Å². The molecule has 10 aromatic rings. The molecule has 0 atom stereocenters. The van der Waals surface area contributed by atoms with E-state index in [9.17, 15) is 0 Å². The van der Waals surface area contributed by atoms with Gasteiger partial charge in [-0.1, -0.05) is 182 Å². The van der Waals surface area contributed by atoms with E-state index < -0.39 is 0 Å². The largest absolute Gasteiger partial charge is 0.455 e. The number of hydrogen-bond donors (Lipinski definition) is 0. The predicted molar refractivity (Wildman–Crippen MR) is 217 cm³/mol. The first-order valence-electron chi connectivity index (χ1n) is 17.8. The summed E-state index contributed by atoms with van der Waals surface area (Å²) in [5, 5.41) is 4.37. The predicted octanol–water partition coefficient (Wildman–Crippen LogP) is 12.9. The van der Waals surface area contributed by atoms with Gasteiger partial charge in [-0.25, -0.2) is 15.0 Å². The molecule has 0 fully saturated rings. The molecule has 0 aliphatic rings. The minimum atomic E-state index is 0.591. The molecule has 0 radical (unpaired) electrons. The Bertz CT molecular complexity index is 2810. The van der Waals surface area contributed by atoms with Gasteiger partial charge in [0.1, 0.15) is 11.2 Å². The lowest BCUT2D eigenvalue weighted by Crippen LogP contribution is -2.00. The van der Waals surface area contributed by atoms with Crippen LogP contribution in [0.5, 0.6) is 0 Å². The third kappa shape index (κ3) is 5.54. The number of rotatable bonds is 6. The highest BCUT2D eigenvalue weighted by Crippen LogP contribution is 2.42. The highest BCUT2D eigenvalue weighted by atomic mass is 16.3. The molecule has 0 aliphatic carbocycles. The van der Waals surface area contributed by atoms with Crippen LogP contribution in [0.15, 0.2) is 192 Å². The molecule has 0 unspecified atom stereocenters. The number of fused-ring (bicyclic) bond motifs is 4. The van der Waals surface area contributed by atoms with Crippen molar-refractivity contribution in [2.24, 2.45) is 0 Å². The van der Waals surface area contributed by atoms with Gasteiger partial charge < -0.3 is 4.42 Å². The Morgan fingerprint density at radius 2 is 0.755 bits per heavy atom. The summed E-state index contributed by atoms with van der Waals surface area (Å²) < 4.78 is 6.72. The normalized spacial score (nSPS) is 11.4. The highest BCUT2D eigenvalue weighted by Gasteiger charge is 2.20. The number of aromatic nitrogens is 3. The molecule has 0 saturated heterocycles. The molecule has 8 aromatic carbocycles. The van der Waals surface area contributed by atoms with Crippen LogP contribution in [0.2, 0.25) is 0 Å². The maximum atomic E-state index is 6.72. The van der Waals surface area contributed by atoms with Gasteiger partial charge in [-0.15, -0.1) is 0 Å². The van der Waals surface area contributed by atoms with E-state index in [-0.39, 0.29) is 0 Å². The van der Waals surface area contributed by atoms with E-state index in [1.54, 1.807) is 0 Å². The van der Waals surface area contributed by atoms with Crippen LogP contribution in [0.25, 0.3) is 100 Å². The Labute approximate surface area is 306 Å². The van der Waals surface area contributed by atoms with E-state index in [0.29, 0.717) is 17.5 Å². The first-order valence-corrected chi connectivity index (χ1v) is 17.8. The van der Waals surface area contributed by atoms with E-state index in [1.807, 2.05) is 24.3 Å². The molecule has 4 nitrogen and oxygen atoms in total. The standard InChI is InChI=1S/C49H31N3O/c1-3-12-32(13-4-1)34-24-28-37(29-25-34)47-50-48(38-30-26-35(27-31-38)33-14-5-2-6-15-33)52-49(51-47)43-22-11-23-44-45(43)42-21-10-20-41(46(42)53-44)40-19-9-17-36-16-7-8-18-39(36)40/h1-31H. The van der Waals surface area contributed by atoms with Crippen molar-refractivity contribution in [3.8, 4) is 67.5 Å². The second-order valence-corrected chi connectivity index (χ2v) is 13.2. The quantitative estimate of drug-likeness (QED) is 0.176. The molecule has 0 amide bonds. The number of nitrogens with zero attached hydrogens (tertiary/aromatic N) is 3. The lowest BCUT2D eigenvalue weighted by Gasteiger charge is -2.10. The van der Waals surface area contributed by atoms with E-state index in [0.717, 1.165) is 72.0 Å². The second kappa shape index (κ2) is 12.9. The van der Waals surface area contributed by atoms with Crippen molar-refractivity contribution in [3.05, 3.63) is 188 Å². The van der Waals surface area contributed by atoms with Crippen molar-refractivity contribution in [2.45, 2.75) is 0 Å². The third-order valence-electron chi connectivity index (χ3n) is 9.98. The average Bonchev–Trinajstić information content (AvgIpc) is 3.63. The number of benzene rings is 8. The van der Waals surface area contributed by atoms with Crippen LogP contribution in [0, 0.1) is 0 Å². The summed E-state index contributed by atoms with van der Waals surface area (Å²) in [7, 11) is 0. The SMILES string of the molecule is c1ccc(-c2ccc(-c3nc(-c4ccc(-c5ccccc5)cc4)nc(-c4cccc5oc6c(-c7cccc8ccccc78)cccc6c45)n3)cc2)cc1. The number of furan rings is 1. The van der Waals surface area contributed by atoms with Crippen molar-refractivity contribution in [1.29, 1.82) is 0 Å². The fourth-order valence-corrected chi connectivity index (χ4v) is 7.35. The monoisotopic (exact) mass is 677 g/mol. The van der Waals surface area contributed by atoms with Gasteiger partial charge in [0.15, 0.2) is 17.5 Å². The second-order valence-electron chi connectivity index (χ2n) is 13.2. The van der Waals surface area contributed by atoms with Crippen LogP contribution < -0.4 is 0 Å². The summed E-state index contributed by atoms with van der Waals surface area (Å²) in [6.07, 6.45) is 0. The molecule has 0 saturated carbocycles. The molecule has 0 aliphatic heterocycles. The minimum Gasteiger partial charge on any atom is -0.455 e. The van der Waals surface area contributed by atoms with Crippen LogP contribution in [-0.2, 0) is 0 Å². The Morgan fingerprint density at radius 1 is 0.302 bits per heavy atom. The van der Waals surface area contributed by atoms with Gasteiger partial charge in [-0.2, -0.15) is 0 Å². The molecule has 2 heterocycles. The Morgan fingerprint density at radius 3 is 1.42 bits per heavy atom. The maximum Gasteiger partial charge on any atom is 0.164 e. The molecule has 0 bridgehead atoms. The minimum absolute atomic E-state index is 0.591. The van der Waals surface area contributed by atoms with Crippen molar-refractivity contribution in [1.82, 2.24) is 15.0 Å². The summed E-state index contributed by atoms with van der Waals surface area (Å²) in [5.74, 6) is 1.81. The van der Waals surface area contributed by atoms with Gasteiger partial charge in [0, 0.05) is 33.0 Å². The Balaban J connectivity index is 1.15. The van der Waals surface area contributed by atoms with Crippen LogP contribution >= 0.6 is 0 Å². The Kier molecular flexibility index (Phi) is 7.43. The van der Waals surface area contributed by atoms with Crippen LogP contribution in [-0.4, -0.2) is 15.0 Å². The van der Waals surface area contributed by atoms with Gasteiger partial charge >= 0.3 is 0 Å². The summed E-state index contributed by atoms with van der Waals surface area (Å²) in [6, 6.07) is 65.1. The molecule has 248 valence electrons. The summed E-state index contributed by atoms with van der Waals surface area (Å²) in [4.78, 5) is 15.4. The molecule has 10 rings (SSSR count). The van der Waals surface area contributed by atoms with Gasteiger partial charge in [0.05, 0.1) is 0 Å². The lowest BCUT2D eigenvalue weighted by atomic mass is 9.96. The summed E-state index contributed by atoms with van der Waals surface area (Å²) in [5.41, 5.74) is 11.1. The van der Waals surface area contributed by atoms with Crippen LogP contribution in [0.1, 0.15) is 0 Å². The van der Waals surface area contributed by atoms with Crippen LogP contribution in [0.3, 0.4) is 0 Å². The zero-order valence-corrected chi connectivity index (χ0v) is 28.6. The van der Waals surface area contributed by atoms with Crippen molar-refractivity contribution in [2.75, 3.05) is 0 Å². The number of hydrogen-bond acceptors (Lipinski definition) is 4. The van der Waals surface area contributed by atoms with Gasteiger partial charge in [-0.05, 0) is 44.7 Å². The first kappa shape index (κ1) is 30.6. The molecular formula is C49H31N3O. The van der Waals surface area contributed by atoms with Crippen molar-refractivity contribution in [3.63, 3.8) is 0 Å². The molecule has 4 heteroatoms. The number of para-hydroxylation sites is 1. The molecule has 2 aromatic heterocycles. The zero-order valence-electron chi connectivity index (χ0n) is 28.6. The topological polar surface area (TPSA) is 51.8 Å². The smallest absolute Gasteiger partial charge is 0.164 e. The van der Waals surface area contributed by atoms with Gasteiger partial charge in [-0.3, -0.25) is 0 Å². The van der Waals surface area contributed by atoms with Gasteiger partial charge in [0.2, 0.25) is 0 Å². The van der Waals surface area contributed by atoms with E-state index in [2.05, 4.69) is 164 Å². The van der Waals surface area contributed by atoms with E-state index in [4.69, 9.17) is 19.4 Å². The van der Waals surface area contributed by atoms with Crippen molar-refractivity contribution >= 4 is 32.7 Å². The molecule has 53 heavy (non-hydrogen) atoms.